The van der Waals surface area contributed by atoms with Crippen molar-refractivity contribution < 1.29 is 0 Å². The fourth-order valence-corrected chi connectivity index (χ4v) is 9.25. The molecule has 0 unspecified atom stereocenters. The second-order valence-corrected chi connectivity index (χ2v) is 15.2. The van der Waals surface area contributed by atoms with Gasteiger partial charge in [0, 0.05) is 46.7 Å². The number of hydrogen-bond acceptors (Lipinski definition) is 6. The Hall–Kier alpha value is -8.36. The summed E-state index contributed by atoms with van der Waals surface area (Å²) in [4.78, 5) is 30.3. The normalized spacial score (nSPS) is 12.0. The molecule has 13 aromatic rings. The number of pyridine rings is 4. The third-order valence-electron chi connectivity index (χ3n) is 11.8. The van der Waals surface area contributed by atoms with E-state index in [1.165, 1.54) is 32.3 Å². The van der Waals surface area contributed by atoms with Crippen molar-refractivity contribution in [3.05, 3.63) is 183 Å². The van der Waals surface area contributed by atoms with Gasteiger partial charge < -0.3 is 0 Å². The average Bonchev–Trinajstić information content (AvgIpc) is 3.90. The smallest absolute Gasteiger partial charge is 0.165 e. The van der Waals surface area contributed by atoms with E-state index in [4.69, 9.17) is 29.9 Å². The maximum atomic E-state index is 5.36. The van der Waals surface area contributed by atoms with Crippen LogP contribution in [0, 0.1) is 0 Å². The minimum Gasteiger partial charge on any atom is -0.274 e. The zero-order valence-corrected chi connectivity index (χ0v) is 31.9. The number of benzene rings is 7. The number of para-hydroxylation sites is 2. The van der Waals surface area contributed by atoms with Crippen molar-refractivity contribution in [3.63, 3.8) is 0 Å². The summed E-state index contributed by atoms with van der Waals surface area (Å²) in [5, 5.41) is 9.41. The molecule has 278 valence electrons. The second kappa shape index (κ2) is 12.6. The van der Waals surface area contributed by atoms with Crippen LogP contribution in [0.15, 0.2) is 183 Å². The Morgan fingerprint density at radius 2 is 0.817 bits per heavy atom. The van der Waals surface area contributed by atoms with Crippen LogP contribution in [0.5, 0.6) is 0 Å². The SMILES string of the molecule is c1cnc2c(-n3c(-c4cc(-c5cc6cccc7ccc8cccc5c8c76)cc(-c5nc6cccnc6n5-c5cccc6cccnc56)c4)nc4cccnc43)cccc2c1. The van der Waals surface area contributed by atoms with E-state index in [0.29, 0.717) is 0 Å². The van der Waals surface area contributed by atoms with Gasteiger partial charge >= 0.3 is 0 Å². The third-order valence-corrected chi connectivity index (χ3v) is 11.8. The lowest BCUT2D eigenvalue weighted by Crippen LogP contribution is -2.03. The number of hydrogen-bond donors (Lipinski definition) is 0. The van der Waals surface area contributed by atoms with Crippen molar-refractivity contribution in [2.45, 2.75) is 0 Å². The fraction of sp³-hybridized carbons (Fsp3) is 0. The first kappa shape index (κ1) is 32.7. The van der Waals surface area contributed by atoms with Crippen molar-refractivity contribution >= 4 is 76.5 Å². The lowest BCUT2D eigenvalue weighted by molar-refractivity contribution is 1.07. The Morgan fingerprint density at radius 1 is 0.350 bits per heavy atom. The van der Waals surface area contributed by atoms with Gasteiger partial charge in [-0.1, -0.05) is 84.9 Å². The van der Waals surface area contributed by atoms with Crippen LogP contribution in [0.4, 0.5) is 0 Å². The van der Waals surface area contributed by atoms with E-state index >= 15 is 0 Å². The minimum atomic E-state index is 0.745. The highest BCUT2D eigenvalue weighted by Gasteiger charge is 2.24. The van der Waals surface area contributed by atoms with Gasteiger partial charge in [0.15, 0.2) is 11.3 Å². The molecule has 0 aliphatic carbocycles. The molecule has 6 aromatic heterocycles. The summed E-state index contributed by atoms with van der Waals surface area (Å²) in [7, 11) is 0. The topological polar surface area (TPSA) is 87.2 Å². The quantitative estimate of drug-likeness (QED) is 0.162. The van der Waals surface area contributed by atoms with Crippen LogP contribution < -0.4 is 0 Å². The van der Waals surface area contributed by atoms with Crippen molar-refractivity contribution in [3.8, 4) is 45.3 Å². The summed E-state index contributed by atoms with van der Waals surface area (Å²) in [5.74, 6) is 1.49. The van der Waals surface area contributed by atoms with Gasteiger partial charge in [-0.15, -0.1) is 0 Å². The maximum absolute atomic E-state index is 5.36. The molecule has 8 nitrogen and oxygen atoms in total. The fourth-order valence-electron chi connectivity index (χ4n) is 9.25. The predicted octanol–water partition coefficient (Wildman–Crippen LogP) is 12.1. The van der Waals surface area contributed by atoms with Crippen LogP contribution in [0.25, 0.3) is 122 Å². The second-order valence-electron chi connectivity index (χ2n) is 15.2. The Kier molecular flexibility index (Phi) is 6.85. The van der Waals surface area contributed by atoms with E-state index in [-0.39, 0.29) is 0 Å². The van der Waals surface area contributed by atoms with E-state index < -0.39 is 0 Å². The van der Waals surface area contributed by atoms with Crippen LogP contribution in [0.1, 0.15) is 0 Å². The van der Waals surface area contributed by atoms with E-state index in [1.54, 1.807) is 0 Å². The van der Waals surface area contributed by atoms with Crippen LogP contribution >= 0.6 is 0 Å². The van der Waals surface area contributed by atoms with Gasteiger partial charge in [0.25, 0.3) is 0 Å². The van der Waals surface area contributed by atoms with Crippen LogP contribution in [0.3, 0.4) is 0 Å². The Morgan fingerprint density at radius 3 is 1.43 bits per heavy atom. The van der Waals surface area contributed by atoms with Crippen LogP contribution in [0.2, 0.25) is 0 Å². The van der Waals surface area contributed by atoms with Gasteiger partial charge in [-0.3, -0.25) is 19.1 Å². The van der Waals surface area contributed by atoms with E-state index in [2.05, 4.69) is 130 Å². The van der Waals surface area contributed by atoms with Crippen molar-refractivity contribution in [1.82, 2.24) is 39.0 Å². The van der Waals surface area contributed by atoms with Gasteiger partial charge in [-0.25, -0.2) is 19.9 Å². The van der Waals surface area contributed by atoms with Gasteiger partial charge in [0.2, 0.25) is 0 Å². The van der Waals surface area contributed by atoms with Crippen molar-refractivity contribution in [1.29, 1.82) is 0 Å². The molecular formula is C52H30N8. The molecule has 0 amide bonds. The minimum absolute atomic E-state index is 0.745. The molecule has 0 radical (unpaired) electrons. The van der Waals surface area contributed by atoms with Gasteiger partial charge in [-0.2, -0.15) is 0 Å². The zero-order valence-electron chi connectivity index (χ0n) is 31.9. The standard InChI is InChI=1S/C52H30N8/c1-9-31-21-22-32-10-2-16-39-40(30-35(13-1)45(31)46(32)39)36-27-37(49-57-41-17-7-25-55-51(41)59(49)43-19-3-11-33-14-5-23-53-47(33)43)29-38(28-36)50-58-42-18-8-26-56-52(42)60(50)44-20-4-12-34-15-6-24-54-48(34)44/h1-30H. The molecule has 0 fully saturated rings. The predicted molar refractivity (Wildman–Crippen MR) is 242 cm³/mol. The lowest BCUT2D eigenvalue weighted by atomic mass is 9.88. The van der Waals surface area contributed by atoms with Gasteiger partial charge in [0.05, 0.1) is 22.4 Å². The first-order chi connectivity index (χ1) is 29.7. The zero-order chi connectivity index (χ0) is 39.3. The van der Waals surface area contributed by atoms with E-state index in [9.17, 15) is 0 Å². The van der Waals surface area contributed by atoms with Crippen molar-refractivity contribution in [2.24, 2.45) is 0 Å². The monoisotopic (exact) mass is 766 g/mol. The Balaban J connectivity index is 1.17. The molecule has 0 saturated carbocycles. The molecule has 0 bridgehead atoms. The molecule has 6 heterocycles. The summed E-state index contributed by atoms with van der Waals surface area (Å²) in [6.07, 6.45) is 7.33. The summed E-state index contributed by atoms with van der Waals surface area (Å²) < 4.78 is 4.30. The number of fused-ring (bicyclic) bond motifs is 4. The highest BCUT2D eigenvalue weighted by Crippen LogP contribution is 2.43. The first-order valence-electron chi connectivity index (χ1n) is 19.9. The molecular weight excluding hydrogens is 737 g/mol. The number of aromatic nitrogens is 8. The molecule has 60 heavy (non-hydrogen) atoms. The third kappa shape index (κ3) is 4.79. The number of rotatable bonds is 5. The average molecular weight is 767 g/mol. The van der Waals surface area contributed by atoms with Crippen molar-refractivity contribution in [2.75, 3.05) is 0 Å². The summed E-state index contributed by atoms with van der Waals surface area (Å²) in [5.41, 5.74) is 10.6. The molecule has 0 aliphatic heterocycles. The van der Waals surface area contributed by atoms with E-state index in [1.807, 2.05) is 61.2 Å². The summed E-state index contributed by atoms with van der Waals surface area (Å²) >= 11 is 0. The molecule has 7 aromatic carbocycles. The lowest BCUT2D eigenvalue weighted by Gasteiger charge is -2.18. The largest absolute Gasteiger partial charge is 0.274 e. The number of nitrogens with zero attached hydrogens (tertiary/aromatic N) is 8. The van der Waals surface area contributed by atoms with Gasteiger partial charge in [-0.05, 0) is 116 Å². The Bertz CT molecular complexity index is 3680. The summed E-state index contributed by atoms with van der Waals surface area (Å²) in [6, 6.07) is 55.3. The highest BCUT2D eigenvalue weighted by atomic mass is 15.2. The number of imidazole rings is 2. The molecule has 0 saturated heterocycles. The maximum Gasteiger partial charge on any atom is 0.165 e. The van der Waals surface area contributed by atoms with Crippen LogP contribution in [-0.4, -0.2) is 39.0 Å². The molecule has 0 aliphatic rings. The molecule has 0 spiro atoms. The first-order valence-corrected chi connectivity index (χ1v) is 19.9. The van der Waals surface area contributed by atoms with Crippen LogP contribution in [-0.2, 0) is 0 Å². The molecule has 0 N–H and O–H groups in total. The molecule has 0 atom stereocenters. The van der Waals surface area contributed by atoms with Gasteiger partial charge in [0.1, 0.15) is 22.7 Å². The molecule has 8 heteroatoms. The highest BCUT2D eigenvalue weighted by molar-refractivity contribution is 6.26. The van der Waals surface area contributed by atoms with E-state index in [0.717, 1.165) is 89.4 Å². The summed E-state index contributed by atoms with van der Waals surface area (Å²) in [6.45, 7) is 0. The Labute approximate surface area is 342 Å². The molecule has 13 rings (SSSR count).